The van der Waals surface area contributed by atoms with Crippen molar-refractivity contribution in [1.29, 1.82) is 0 Å². The third-order valence-corrected chi connectivity index (χ3v) is 2.52. The van der Waals surface area contributed by atoms with Crippen LogP contribution in [0.4, 0.5) is 8.78 Å². The lowest BCUT2D eigenvalue weighted by Crippen LogP contribution is -2.44. The maximum atomic E-state index is 13.1. The number of aliphatic carboxylic acids is 1. The Bertz CT molecular complexity index is 412. The normalized spacial score (nSPS) is 14.4. The Labute approximate surface area is 97.6 Å². The minimum absolute atomic E-state index is 0.369. The van der Waals surface area contributed by atoms with E-state index in [-0.39, 0.29) is 0 Å². The fourth-order valence-corrected chi connectivity index (χ4v) is 1.66. The van der Waals surface area contributed by atoms with E-state index < -0.39 is 29.7 Å². The molecule has 0 heterocycles. The van der Waals surface area contributed by atoms with Crippen molar-refractivity contribution in [2.24, 2.45) is 0 Å². The van der Waals surface area contributed by atoms with Crippen molar-refractivity contribution in [3.05, 3.63) is 35.4 Å². The van der Waals surface area contributed by atoms with Gasteiger partial charge in [-0.25, -0.2) is 8.78 Å². The molecule has 3 N–H and O–H groups in total. The van der Waals surface area contributed by atoms with Crippen molar-refractivity contribution >= 4 is 5.97 Å². The van der Waals surface area contributed by atoms with Crippen LogP contribution in [0.3, 0.4) is 0 Å². The van der Waals surface area contributed by atoms with Crippen LogP contribution in [-0.4, -0.2) is 31.2 Å². The lowest BCUT2D eigenvalue weighted by Gasteiger charge is -2.23. The number of likely N-dealkylation sites (N-methyl/N-ethyl adjacent to an activating group) is 2. The number of carboxylic acid groups (broad SMARTS) is 1. The van der Waals surface area contributed by atoms with E-state index >= 15 is 0 Å². The van der Waals surface area contributed by atoms with Gasteiger partial charge in [0.25, 0.3) is 0 Å². The van der Waals surface area contributed by atoms with Gasteiger partial charge in [0.1, 0.15) is 6.04 Å². The van der Waals surface area contributed by atoms with Gasteiger partial charge < -0.3 is 15.7 Å². The van der Waals surface area contributed by atoms with Crippen molar-refractivity contribution in [1.82, 2.24) is 10.6 Å². The summed E-state index contributed by atoms with van der Waals surface area (Å²) in [4.78, 5) is 11.0. The molecule has 6 heteroatoms. The van der Waals surface area contributed by atoms with Crippen molar-refractivity contribution in [2.45, 2.75) is 12.1 Å². The molecule has 4 nitrogen and oxygen atoms in total. The first-order chi connectivity index (χ1) is 8.01. The lowest BCUT2D eigenvalue weighted by atomic mass is 9.99. The second-order valence-electron chi connectivity index (χ2n) is 3.54. The van der Waals surface area contributed by atoms with Gasteiger partial charge in [0.2, 0.25) is 0 Å². The molecule has 2 atom stereocenters. The minimum Gasteiger partial charge on any atom is -0.480 e. The van der Waals surface area contributed by atoms with Gasteiger partial charge in [0.15, 0.2) is 11.6 Å². The average molecular weight is 244 g/mol. The van der Waals surface area contributed by atoms with Gasteiger partial charge in [0.05, 0.1) is 6.04 Å². The van der Waals surface area contributed by atoms with Crippen LogP contribution in [0, 0.1) is 11.6 Å². The summed E-state index contributed by atoms with van der Waals surface area (Å²) >= 11 is 0. The number of hydrogen-bond donors (Lipinski definition) is 3. The van der Waals surface area contributed by atoms with Gasteiger partial charge in [0, 0.05) is 0 Å². The molecule has 0 saturated carbocycles. The molecule has 0 fully saturated rings. The summed E-state index contributed by atoms with van der Waals surface area (Å²) in [6, 6.07) is 1.75. The third-order valence-electron chi connectivity index (χ3n) is 2.52. The van der Waals surface area contributed by atoms with Crippen LogP contribution in [-0.2, 0) is 4.79 Å². The molecule has 0 aliphatic carbocycles. The second kappa shape index (κ2) is 5.70. The molecule has 1 aromatic rings. The Morgan fingerprint density at radius 1 is 1.24 bits per heavy atom. The summed E-state index contributed by atoms with van der Waals surface area (Å²) in [7, 11) is 3.04. The summed E-state index contributed by atoms with van der Waals surface area (Å²) in [5.41, 5.74) is 0.369. The van der Waals surface area contributed by atoms with E-state index in [0.717, 1.165) is 12.1 Å². The molecule has 0 aromatic heterocycles. The van der Waals surface area contributed by atoms with Crippen LogP contribution in [0.2, 0.25) is 0 Å². The highest BCUT2D eigenvalue weighted by atomic mass is 19.2. The van der Waals surface area contributed by atoms with Gasteiger partial charge in [-0.1, -0.05) is 6.07 Å². The summed E-state index contributed by atoms with van der Waals surface area (Å²) in [5, 5.41) is 14.4. The molecule has 94 valence electrons. The number of halogens is 2. The van der Waals surface area contributed by atoms with E-state index in [0.29, 0.717) is 5.56 Å². The molecule has 0 aliphatic heterocycles. The van der Waals surface area contributed by atoms with E-state index in [2.05, 4.69) is 10.6 Å². The predicted molar refractivity (Wildman–Crippen MR) is 58.6 cm³/mol. The molecule has 2 unspecified atom stereocenters. The van der Waals surface area contributed by atoms with Crippen LogP contribution < -0.4 is 10.6 Å². The SMILES string of the molecule is CNC(C(=O)O)C(NC)c1ccc(F)c(F)c1. The third kappa shape index (κ3) is 2.98. The standard InChI is InChI=1S/C11H14F2N2O2/c1-14-9(10(15-2)11(16)17)6-3-4-7(12)8(13)5-6/h3-5,9-10,14-15H,1-2H3,(H,16,17). The van der Waals surface area contributed by atoms with E-state index in [1.165, 1.54) is 13.1 Å². The average Bonchev–Trinajstić information content (AvgIpc) is 2.29. The van der Waals surface area contributed by atoms with E-state index in [9.17, 15) is 13.6 Å². The van der Waals surface area contributed by atoms with Crippen LogP contribution in [0.1, 0.15) is 11.6 Å². The smallest absolute Gasteiger partial charge is 0.322 e. The van der Waals surface area contributed by atoms with Gasteiger partial charge >= 0.3 is 5.97 Å². The molecule has 0 radical (unpaired) electrons. The number of carboxylic acids is 1. The molecular weight excluding hydrogens is 230 g/mol. The van der Waals surface area contributed by atoms with Gasteiger partial charge in [-0.05, 0) is 31.8 Å². The molecule has 0 spiro atoms. The number of benzene rings is 1. The topological polar surface area (TPSA) is 61.4 Å². The first-order valence-corrected chi connectivity index (χ1v) is 5.03. The van der Waals surface area contributed by atoms with Crippen LogP contribution in [0.5, 0.6) is 0 Å². The zero-order valence-electron chi connectivity index (χ0n) is 9.50. The Morgan fingerprint density at radius 3 is 2.29 bits per heavy atom. The zero-order valence-corrected chi connectivity index (χ0v) is 9.50. The number of rotatable bonds is 5. The summed E-state index contributed by atoms with van der Waals surface area (Å²) < 4.78 is 25.9. The van der Waals surface area contributed by atoms with E-state index in [1.807, 2.05) is 0 Å². The minimum atomic E-state index is -1.07. The second-order valence-corrected chi connectivity index (χ2v) is 3.54. The molecule has 0 bridgehead atoms. The van der Waals surface area contributed by atoms with Crippen molar-refractivity contribution in [2.75, 3.05) is 14.1 Å². The van der Waals surface area contributed by atoms with Gasteiger partial charge in [-0.15, -0.1) is 0 Å². The van der Waals surface area contributed by atoms with Crippen molar-refractivity contribution < 1.29 is 18.7 Å². The Morgan fingerprint density at radius 2 is 1.88 bits per heavy atom. The van der Waals surface area contributed by atoms with E-state index in [4.69, 9.17) is 5.11 Å². The molecule has 17 heavy (non-hydrogen) atoms. The summed E-state index contributed by atoms with van der Waals surface area (Å²) in [6.45, 7) is 0. The predicted octanol–water partition coefficient (Wildman–Crippen LogP) is 0.898. The monoisotopic (exact) mass is 244 g/mol. The molecule has 1 aromatic carbocycles. The Hall–Kier alpha value is -1.53. The van der Waals surface area contributed by atoms with Crippen LogP contribution >= 0.6 is 0 Å². The maximum Gasteiger partial charge on any atom is 0.322 e. The highest BCUT2D eigenvalue weighted by molar-refractivity contribution is 5.74. The molecule has 0 aliphatic rings. The highest BCUT2D eigenvalue weighted by Gasteiger charge is 2.27. The fourth-order valence-electron chi connectivity index (χ4n) is 1.66. The van der Waals surface area contributed by atoms with E-state index in [1.54, 1.807) is 7.05 Å². The van der Waals surface area contributed by atoms with Crippen LogP contribution in [0.25, 0.3) is 0 Å². The zero-order chi connectivity index (χ0) is 13.0. The number of hydrogen-bond acceptors (Lipinski definition) is 3. The molecule has 1 rings (SSSR count). The first-order valence-electron chi connectivity index (χ1n) is 5.03. The highest BCUT2D eigenvalue weighted by Crippen LogP contribution is 2.19. The van der Waals surface area contributed by atoms with Crippen molar-refractivity contribution in [3.8, 4) is 0 Å². The molecular formula is C11H14F2N2O2. The quantitative estimate of drug-likeness (QED) is 0.720. The van der Waals surface area contributed by atoms with Gasteiger partial charge in [-0.3, -0.25) is 4.79 Å². The maximum absolute atomic E-state index is 13.1. The Balaban J connectivity index is 3.08. The van der Waals surface area contributed by atoms with Crippen molar-refractivity contribution in [3.63, 3.8) is 0 Å². The Kier molecular flexibility index (Phi) is 4.53. The lowest BCUT2D eigenvalue weighted by molar-refractivity contribution is -0.140. The molecule has 0 amide bonds. The largest absolute Gasteiger partial charge is 0.480 e. The first kappa shape index (κ1) is 13.5. The summed E-state index contributed by atoms with van der Waals surface area (Å²) in [6.07, 6.45) is 0. The molecule has 0 saturated heterocycles. The van der Waals surface area contributed by atoms with Gasteiger partial charge in [-0.2, -0.15) is 0 Å². The number of nitrogens with one attached hydrogen (secondary N) is 2. The van der Waals surface area contributed by atoms with Crippen LogP contribution in [0.15, 0.2) is 18.2 Å². The summed E-state index contributed by atoms with van der Waals surface area (Å²) in [5.74, 6) is -3.03. The number of carbonyl (C=O) groups is 1. The fraction of sp³-hybridized carbons (Fsp3) is 0.364.